The van der Waals surface area contributed by atoms with Crippen LogP contribution in [-0.4, -0.2) is 51.3 Å². The number of hydrogen-bond acceptors (Lipinski definition) is 6. The van der Waals surface area contributed by atoms with Gasteiger partial charge in [0.1, 0.15) is 0 Å². The lowest BCUT2D eigenvalue weighted by Gasteiger charge is -2.28. The van der Waals surface area contributed by atoms with Crippen molar-refractivity contribution in [3.63, 3.8) is 0 Å². The fourth-order valence-corrected chi connectivity index (χ4v) is 2.90. The third-order valence-electron chi connectivity index (χ3n) is 4.38. The molecule has 3 rings (SSSR count). The zero-order valence-electron chi connectivity index (χ0n) is 15.9. The molecule has 2 aromatic carbocycles. The molecule has 1 amide bonds. The molecular formula is C21H25N3O4. The molecule has 1 aliphatic rings. The molecule has 1 fully saturated rings. The van der Waals surface area contributed by atoms with Crippen LogP contribution in [0.15, 0.2) is 48.5 Å². The molecule has 0 saturated carbocycles. The van der Waals surface area contributed by atoms with Gasteiger partial charge in [-0.1, -0.05) is 0 Å². The van der Waals surface area contributed by atoms with Gasteiger partial charge in [-0.2, -0.15) is 0 Å². The van der Waals surface area contributed by atoms with Gasteiger partial charge in [0.15, 0.2) is 0 Å². The van der Waals surface area contributed by atoms with Gasteiger partial charge >= 0.3 is 5.97 Å². The predicted octanol–water partition coefficient (Wildman–Crippen LogP) is 2.75. The van der Waals surface area contributed by atoms with Crippen molar-refractivity contribution in [1.82, 2.24) is 0 Å². The Morgan fingerprint density at radius 3 is 2.29 bits per heavy atom. The summed E-state index contributed by atoms with van der Waals surface area (Å²) in [6, 6.07) is 14.6. The first-order chi connectivity index (χ1) is 13.7. The van der Waals surface area contributed by atoms with Crippen molar-refractivity contribution in [3.8, 4) is 0 Å². The molecule has 7 heteroatoms. The standard InChI is InChI=1S/C21H25N3O4/c1-2-28-21(26)16-3-5-17(6-4-16)22-15-20(25)23-18-7-9-19(10-8-18)24-11-13-27-14-12-24/h3-10,22H,2,11-15H2,1H3,(H,23,25). The van der Waals surface area contributed by atoms with E-state index in [1.165, 1.54) is 0 Å². The molecule has 7 nitrogen and oxygen atoms in total. The molecule has 0 unspecified atom stereocenters. The van der Waals surface area contributed by atoms with Gasteiger partial charge in [0.25, 0.3) is 0 Å². The Morgan fingerprint density at radius 1 is 1.00 bits per heavy atom. The average molecular weight is 383 g/mol. The van der Waals surface area contributed by atoms with Gasteiger partial charge in [-0.15, -0.1) is 0 Å². The SMILES string of the molecule is CCOC(=O)c1ccc(NCC(=O)Nc2ccc(N3CCOCC3)cc2)cc1. The maximum absolute atomic E-state index is 12.2. The van der Waals surface area contributed by atoms with Crippen LogP contribution in [0.3, 0.4) is 0 Å². The third kappa shape index (κ3) is 5.47. The Bertz CT molecular complexity index is 784. The van der Waals surface area contributed by atoms with Crippen LogP contribution in [-0.2, 0) is 14.3 Å². The summed E-state index contributed by atoms with van der Waals surface area (Å²) in [5, 5.41) is 5.91. The zero-order chi connectivity index (χ0) is 19.8. The smallest absolute Gasteiger partial charge is 0.338 e. The minimum atomic E-state index is -0.354. The Labute approximate surface area is 164 Å². The Balaban J connectivity index is 1.47. The summed E-state index contributed by atoms with van der Waals surface area (Å²) in [6.45, 7) is 5.48. The number of rotatable bonds is 7. The van der Waals surface area contributed by atoms with E-state index in [0.29, 0.717) is 12.2 Å². The van der Waals surface area contributed by atoms with E-state index in [9.17, 15) is 9.59 Å². The van der Waals surface area contributed by atoms with Crippen LogP contribution in [0.25, 0.3) is 0 Å². The van der Waals surface area contributed by atoms with Gasteiger partial charge in [-0.3, -0.25) is 4.79 Å². The van der Waals surface area contributed by atoms with E-state index in [1.807, 2.05) is 24.3 Å². The van der Waals surface area contributed by atoms with E-state index in [0.717, 1.165) is 43.4 Å². The molecule has 1 aliphatic heterocycles. The maximum atomic E-state index is 12.2. The number of carbonyl (C=O) groups is 2. The molecule has 28 heavy (non-hydrogen) atoms. The lowest BCUT2D eigenvalue weighted by molar-refractivity contribution is -0.114. The number of benzene rings is 2. The summed E-state index contributed by atoms with van der Waals surface area (Å²) in [5.41, 5.74) is 3.12. The molecule has 0 atom stereocenters. The summed E-state index contributed by atoms with van der Waals surface area (Å²) in [6.07, 6.45) is 0. The monoisotopic (exact) mass is 383 g/mol. The summed E-state index contributed by atoms with van der Waals surface area (Å²) in [4.78, 5) is 26.1. The molecule has 0 aliphatic carbocycles. The van der Waals surface area contributed by atoms with Crippen LogP contribution in [0.1, 0.15) is 17.3 Å². The first-order valence-electron chi connectivity index (χ1n) is 9.39. The van der Waals surface area contributed by atoms with Crippen LogP contribution in [0.4, 0.5) is 17.1 Å². The van der Waals surface area contributed by atoms with Gasteiger partial charge in [0.05, 0.1) is 31.9 Å². The van der Waals surface area contributed by atoms with E-state index in [1.54, 1.807) is 31.2 Å². The van der Waals surface area contributed by atoms with Gasteiger partial charge < -0.3 is 25.0 Å². The second kappa shape index (κ2) is 9.75. The third-order valence-corrected chi connectivity index (χ3v) is 4.38. The Morgan fingerprint density at radius 2 is 1.64 bits per heavy atom. The molecular weight excluding hydrogens is 358 g/mol. The lowest BCUT2D eigenvalue weighted by atomic mass is 10.2. The van der Waals surface area contributed by atoms with E-state index < -0.39 is 0 Å². The van der Waals surface area contributed by atoms with Gasteiger partial charge in [-0.25, -0.2) is 4.79 Å². The number of hydrogen-bond donors (Lipinski definition) is 2. The highest BCUT2D eigenvalue weighted by Gasteiger charge is 2.11. The number of morpholine rings is 1. The number of esters is 1. The summed E-state index contributed by atoms with van der Waals surface area (Å²) < 4.78 is 10.3. The number of carbonyl (C=O) groups excluding carboxylic acids is 2. The molecule has 0 radical (unpaired) electrons. The highest BCUT2D eigenvalue weighted by Crippen LogP contribution is 2.19. The van der Waals surface area contributed by atoms with Crippen LogP contribution in [0.2, 0.25) is 0 Å². The van der Waals surface area contributed by atoms with E-state index in [4.69, 9.17) is 9.47 Å². The van der Waals surface area contributed by atoms with Crippen molar-refractivity contribution in [2.24, 2.45) is 0 Å². The number of nitrogens with zero attached hydrogens (tertiary/aromatic N) is 1. The minimum Gasteiger partial charge on any atom is -0.462 e. The number of amides is 1. The van der Waals surface area contributed by atoms with E-state index >= 15 is 0 Å². The van der Waals surface area contributed by atoms with Gasteiger partial charge in [0, 0.05) is 30.2 Å². The summed E-state index contributed by atoms with van der Waals surface area (Å²) in [7, 11) is 0. The van der Waals surface area contributed by atoms with Gasteiger partial charge in [0.2, 0.25) is 5.91 Å². The molecule has 0 aromatic heterocycles. The maximum Gasteiger partial charge on any atom is 0.338 e. The topological polar surface area (TPSA) is 79.9 Å². The fraction of sp³-hybridized carbons (Fsp3) is 0.333. The van der Waals surface area contributed by atoms with Crippen molar-refractivity contribution in [2.75, 3.05) is 55.0 Å². The average Bonchev–Trinajstić information content (AvgIpc) is 2.74. The number of ether oxygens (including phenoxy) is 2. The highest BCUT2D eigenvalue weighted by atomic mass is 16.5. The Hall–Kier alpha value is -3.06. The molecule has 2 aromatic rings. The largest absolute Gasteiger partial charge is 0.462 e. The minimum absolute atomic E-state index is 0.129. The van der Waals surface area contributed by atoms with Crippen LogP contribution in [0.5, 0.6) is 0 Å². The van der Waals surface area contributed by atoms with Crippen molar-refractivity contribution in [1.29, 1.82) is 0 Å². The normalized spacial score (nSPS) is 13.7. The first-order valence-corrected chi connectivity index (χ1v) is 9.39. The zero-order valence-corrected chi connectivity index (χ0v) is 15.9. The second-order valence-corrected chi connectivity index (χ2v) is 6.35. The molecule has 0 bridgehead atoms. The Kier molecular flexibility index (Phi) is 6.86. The predicted molar refractivity (Wildman–Crippen MR) is 109 cm³/mol. The second-order valence-electron chi connectivity index (χ2n) is 6.35. The van der Waals surface area contributed by atoms with Crippen molar-refractivity contribution >= 4 is 28.9 Å². The first kappa shape index (κ1) is 19.7. The van der Waals surface area contributed by atoms with E-state index in [2.05, 4.69) is 15.5 Å². The molecule has 2 N–H and O–H groups in total. The van der Waals surface area contributed by atoms with Gasteiger partial charge in [-0.05, 0) is 55.5 Å². The quantitative estimate of drug-likeness (QED) is 0.716. The number of nitrogens with one attached hydrogen (secondary N) is 2. The van der Waals surface area contributed by atoms with Crippen molar-refractivity contribution < 1.29 is 19.1 Å². The van der Waals surface area contributed by atoms with Crippen molar-refractivity contribution in [2.45, 2.75) is 6.92 Å². The molecule has 1 heterocycles. The number of anilines is 3. The lowest BCUT2D eigenvalue weighted by Crippen LogP contribution is -2.36. The van der Waals surface area contributed by atoms with E-state index in [-0.39, 0.29) is 18.4 Å². The van der Waals surface area contributed by atoms with Crippen molar-refractivity contribution in [3.05, 3.63) is 54.1 Å². The highest BCUT2D eigenvalue weighted by molar-refractivity contribution is 5.94. The summed E-state index contributed by atoms with van der Waals surface area (Å²) in [5.74, 6) is -0.499. The van der Waals surface area contributed by atoms with Crippen LogP contribution in [0, 0.1) is 0 Å². The molecule has 1 saturated heterocycles. The van der Waals surface area contributed by atoms with Crippen LogP contribution < -0.4 is 15.5 Å². The molecule has 0 spiro atoms. The van der Waals surface area contributed by atoms with Crippen LogP contribution >= 0.6 is 0 Å². The summed E-state index contributed by atoms with van der Waals surface area (Å²) >= 11 is 0. The molecule has 148 valence electrons. The fourth-order valence-electron chi connectivity index (χ4n) is 2.90.